The van der Waals surface area contributed by atoms with Crippen LogP contribution < -0.4 is 5.32 Å². The van der Waals surface area contributed by atoms with Gasteiger partial charge in [0, 0.05) is 13.1 Å². The molecule has 14 heteroatoms. The van der Waals surface area contributed by atoms with Gasteiger partial charge in [-0.3, -0.25) is 10.1 Å². The Kier molecular flexibility index (Phi) is 6.86. The van der Waals surface area contributed by atoms with Crippen LogP contribution >= 0.6 is 22.9 Å². The molecule has 1 saturated heterocycles. The van der Waals surface area contributed by atoms with E-state index in [1.807, 2.05) is 0 Å². The van der Waals surface area contributed by atoms with Gasteiger partial charge >= 0.3 is 6.01 Å². The van der Waals surface area contributed by atoms with Crippen molar-refractivity contribution >= 4 is 54.7 Å². The topological polar surface area (TPSA) is 140 Å². The summed E-state index contributed by atoms with van der Waals surface area (Å²) in [6.45, 7) is 0.288. The molecule has 1 unspecified atom stereocenters. The standard InChI is InChI=1S/C19H19ClN4O6S3/c20-15-8-9-17(31-15)33(28,29)24-10-4-5-13(11-24)18(25)21-19-23-22-16(30-19)12-32(26,27)14-6-2-1-3-7-14/h1-3,6-9,13H,4-5,10-12H2,(H,21,23,25). The normalized spacial score (nSPS) is 17.7. The van der Waals surface area contributed by atoms with E-state index in [0.717, 1.165) is 11.3 Å². The number of anilines is 1. The van der Waals surface area contributed by atoms with Crippen LogP contribution in [-0.4, -0.2) is 50.3 Å². The molecule has 3 aromatic rings. The molecule has 1 aliphatic heterocycles. The van der Waals surface area contributed by atoms with Gasteiger partial charge in [-0.05, 0) is 37.1 Å². The van der Waals surface area contributed by atoms with Crippen LogP contribution in [0.1, 0.15) is 18.7 Å². The third-order valence-corrected chi connectivity index (χ3v) is 10.2. The number of sulfone groups is 1. The first-order valence-electron chi connectivity index (χ1n) is 9.82. The smallest absolute Gasteiger partial charge is 0.322 e. The van der Waals surface area contributed by atoms with Gasteiger partial charge in [0.25, 0.3) is 10.0 Å². The van der Waals surface area contributed by atoms with Crippen LogP contribution in [0.25, 0.3) is 0 Å². The molecule has 0 aliphatic carbocycles. The van der Waals surface area contributed by atoms with Crippen molar-refractivity contribution in [3.05, 3.63) is 52.7 Å². The molecule has 10 nitrogen and oxygen atoms in total. The van der Waals surface area contributed by atoms with Crippen molar-refractivity contribution in [2.75, 3.05) is 18.4 Å². The van der Waals surface area contributed by atoms with Crippen LogP contribution in [0.5, 0.6) is 0 Å². The van der Waals surface area contributed by atoms with Crippen LogP contribution in [0, 0.1) is 5.92 Å². The van der Waals surface area contributed by atoms with E-state index in [0.29, 0.717) is 23.7 Å². The summed E-state index contributed by atoms with van der Waals surface area (Å²) in [4.78, 5) is 12.8. The van der Waals surface area contributed by atoms with E-state index in [1.165, 1.54) is 28.6 Å². The minimum absolute atomic E-state index is 0.00688. The van der Waals surface area contributed by atoms with Crippen molar-refractivity contribution in [1.82, 2.24) is 14.5 Å². The van der Waals surface area contributed by atoms with E-state index in [2.05, 4.69) is 15.5 Å². The number of aromatic nitrogens is 2. The molecule has 1 N–H and O–H groups in total. The molecule has 0 saturated carbocycles. The van der Waals surface area contributed by atoms with Crippen LogP contribution in [0.15, 0.2) is 56.0 Å². The monoisotopic (exact) mass is 530 g/mol. The highest BCUT2D eigenvalue weighted by Crippen LogP contribution is 2.31. The maximum atomic E-state index is 12.8. The number of carbonyl (C=O) groups is 1. The molecule has 0 bridgehead atoms. The molecular weight excluding hydrogens is 512 g/mol. The van der Waals surface area contributed by atoms with E-state index < -0.39 is 37.4 Å². The van der Waals surface area contributed by atoms with Crippen LogP contribution in [-0.2, 0) is 30.4 Å². The summed E-state index contributed by atoms with van der Waals surface area (Å²) in [6, 6.07) is 10.5. The number of halogens is 1. The SMILES string of the molecule is O=C(Nc1nnc(CS(=O)(=O)c2ccccc2)o1)C1CCCN(S(=O)(=O)c2ccc(Cl)s2)C1. The van der Waals surface area contributed by atoms with Gasteiger partial charge in [-0.25, -0.2) is 16.8 Å². The number of rotatable bonds is 7. The van der Waals surface area contributed by atoms with Crippen LogP contribution in [0.3, 0.4) is 0 Å². The first kappa shape index (κ1) is 23.8. The Hall–Kier alpha value is -2.32. The maximum absolute atomic E-state index is 12.8. The molecule has 176 valence electrons. The predicted molar refractivity (Wildman–Crippen MR) is 121 cm³/mol. The average molecular weight is 531 g/mol. The fraction of sp³-hybridized carbons (Fsp3) is 0.316. The van der Waals surface area contributed by atoms with Crippen molar-refractivity contribution in [3.63, 3.8) is 0 Å². The number of sulfonamides is 1. The molecule has 1 aromatic carbocycles. The lowest BCUT2D eigenvalue weighted by Gasteiger charge is -2.30. The average Bonchev–Trinajstić information content (AvgIpc) is 3.43. The van der Waals surface area contributed by atoms with Crippen LogP contribution in [0.2, 0.25) is 4.34 Å². The Morgan fingerprint density at radius 3 is 2.61 bits per heavy atom. The van der Waals surface area contributed by atoms with Crippen molar-refractivity contribution in [2.45, 2.75) is 27.7 Å². The zero-order chi connectivity index (χ0) is 23.6. The first-order chi connectivity index (χ1) is 15.6. The fourth-order valence-electron chi connectivity index (χ4n) is 3.38. The zero-order valence-electron chi connectivity index (χ0n) is 17.0. The van der Waals surface area contributed by atoms with Gasteiger partial charge in [-0.15, -0.1) is 16.4 Å². The Morgan fingerprint density at radius 2 is 1.91 bits per heavy atom. The zero-order valence-corrected chi connectivity index (χ0v) is 20.3. The number of amides is 1. The molecule has 3 heterocycles. The second-order valence-electron chi connectivity index (χ2n) is 7.32. The number of nitrogens with one attached hydrogen (secondary N) is 1. The molecular formula is C19H19ClN4O6S3. The van der Waals surface area contributed by atoms with Gasteiger partial charge in [0.15, 0.2) is 9.84 Å². The Balaban J connectivity index is 1.40. The Labute approximate surface area is 199 Å². The first-order valence-corrected chi connectivity index (χ1v) is 14.1. The fourth-order valence-corrected chi connectivity index (χ4v) is 7.72. The van der Waals surface area contributed by atoms with E-state index in [1.54, 1.807) is 18.2 Å². The highest BCUT2D eigenvalue weighted by atomic mass is 35.5. The van der Waals surface area contributed by atoms with Crippen LogP contribution in [0.4, 0.5) is 6.01 Å². The number of thiophene rings is 1. The second-order valence-corrected chi connectivity index (χ2v) is 13.2. The van der Waals surface area contributed by atoms with E-state index in [4.69, 9.17) is 16.0 Å². The van der Waals surface area contributed by atoms with Crippen molar-refractivity contribution in [1.29, 1.82) is 0 Å². The number of nitrogens with zero attached hydrogens (tertiary/aromatic N) is 3. The van der Waals surface area contributed by atoms with Gasteiger partial charge in [0.1, 0.15) is 9.96 Å². The highest BCUT2D eigenvalue weighted by Gasteiger charge is 2.34. The molecule has 1 fully saturated rings. The van der Waals surface area contributed by atoms with Crippen molar-refractivity contribution < 1.29 is 26.0 Å². The molecule has 0 radical (unpaired) electrons. The summed E-state index contributed by atoms with van der Waals surface area (Å²) in [5, 5.41) is 9.84. The molecule has 2 aromatic heterocycles. The Morgan fingerprint density at radius 1 is 1.15 bits per heavy atom. The van der Waals surface area contributed by atoms with Crippen molar-refractivity contribution in [2.24, 2.45) is 5.92 Å². The van der Waals surface area contributed by atoms with Gasteiger partial charge in [0.2, 0.25) is 11.8 Å². The summed E-state index contributed by atoms with van der Waals surface area (Å²) >= 11 is 6.82. The lowest BCUT2D eigenvalue weighted by molar-refractivity contribution is -0.121. The lowest BCUT2D eigenvalue weighted by Crippen LogP contribution is -2.43. The molecule has 1 aliphatic rings. The number of piperidine rings is 1. The summed E-state index contributed by atoms with van der Waals surface area (Å²) in [5.74, 6) is -1.80. The molecule has 4 rings (SSSR count). The molecule has 1 atom stereocenters. The van der Waals surface area contributed by atoms with E-state index in [9.17, 15) is 21.6 Å². The third kappa shape index (κ3) is 5.44. The largest absolute Gasteiger partial charge is 0.407 e. The number of hydrogen-bond donors (Lipinski definition) is 1. The third-order valence-electron chi connectivity index (χ3n) is 5.01. The van der Waals surface area contributed by atoms with Gasteiger partial charge < -0.3 is 4.42 Å². The van der Waals surface area contributed by atoms with Gasteiger partial charge in [-0.1, -0.05) is 34.9 Å². The summed E-state index contributed by atoms with van der Waals surface area (Å²) < 4.78 is 57.6. The minimum Gasteiger partial charge on any atom is -0.407 e. The predicted octanol–water partition coefficient (Wildman–Crippen LogP) is 2.80. The van der Waals surface area contributed by atoms with E-state index >= 15 is 0 Å². The van der Waals surface area contributed by atoms with E-state index in [-0.39, 0.29) is 27.6 Å². The minimum atomic E-state index is -3.75. The van der Waals surface area contributed by atoms with Gasteiger partial charge in [-0.2, -0.15) is 4.31 Å². The number of hydrogen-bond acceptors (Lipinski definition) is 9. The summed E-state index contributed by atoms with van der Waals surface area (Å²) in [5.41, 5.74) is 0. The van der Waals surface area contributed by atoms with Crippen molar-refractivity contribution in [3.8, 4) is 0 Å². The summed E-state index contributed by atoms with van der Waals surface area (Å²) in [6.07, 6.45) is 0.979. The second kappa shape index (κ2) is 9.50. The maximum Gasteiger partial charge on any atom is 0.322 e. The number of carbonyl (C=O) groups excluding carboxylic acids is 1. The highest BCUT2D eigenvalue weighted by molar-refractivity contribution is 7.91. The molecule has 1 amide bonds. The number of benzene rings is 1. The lowest BCUT2D eigenvalue weighted by atomic mass is 9.99. The van der Waals surface area contributed by atoms with Gasteiger partial charge in [0.05, 0.1) is 15.1 Å². The Bertz CT molecular complexity index is 1350. The summed E-state index contributed by atoms with van der Waals surface area (Å²) in [7, 11) is -7.44. The molecule has 33 heavy (non-hydrogen) atoms. The quantitative estimate of drug-likeness (QED) is 0.491. The molecule has 0 spiro atoms.